The minimum Gasteiger partial charge on any atom is -0.449 e. The maximum Gasteiger partial charge on any atom is 0.431 e. The van der Waals surface area contributed by atoms with Crippen LogP contribution in [0.25, 0.3) is 0 Å². The van der Waals surface area contributed by atoms with E-state index in [1.165, 1.54) is 11.1 Å². The fourth-order valence-electron chi connectivity index (χ4n) is 2.42. The molecule has 0 saturated heterocycles. The number of rotatable bonds is 3. The van der Waals surface area contributed by atoms with Gasteiger partial charge in [-0.05, 0) is 32.9 Å². The Kier molecular flexibility index (Phi) is 5.67. The molecule has 3 aliphatic heterocycles. The molecule has 0 aromatic heterocycles. The molecule has 2 atom stereocenters. The normalized spacial score (nSPS) is 21.5. The standard InChI is InChI=1S/C15H21N3O6/c1-4-22-13(19)16-10-9-11-7-8-12(16)18(15(21)24-6-3)17(11)14(20)23-5-2/h7-12H,4-6H2,1-3H3. The molecule has 0 saturated carbocycles. The van der Waals surface area contributed by atoms with E-state index >= 15 is 0 Å². The summed E-state index contributed by atoms with van der Waals surface area (Å²) in [7, 11) is 0. The van der Waals surface area contributed by atoms with Gasteiger partial charge in [-0.2, -0.15) is 5.01 Å². The fourth-order valence-corrected chi connectivity index (χ4v) is 2.42. The first-order valence-electron chi connectivity index (χ1n) is 7.78. The van der Waals surface area contributed by atoms with Crippen LogP contribution in [0.2, 0.25) is 0 Å². The van der Waals surface area contributed by atoms with Gasteiger partial charge < -0.3 is 14.2 Å². The van der Waals surface area contributed by atoms with E-state index in [4.69, 9.17) is 14.2 Å². The van der Waals surface area contributed by atoms with Crippen molar-refractivity contribution in [3.63, 3.8) is 0 Å². The van der Waals surface area contributed by atoms with Gasteiger partial charge in [-0.25, -0.2) is 19.4 Å². The molecule has 9 heteroatoms. The first-order valence-corrected chi connectivity index (χ1v) is 7.78. The van der Waals surface area contributed by atoms with Gasteiger partial charge in [0.05, 0.1) is 25.9 Å². The summed E-state index contributed by atoms with van der Waals surface area (Å²) >= 11 is 0. The van der Waals surface area contributed by atoms with Crippen LogP contribution in [0.3, 0.4) is 0 Å². The summed E-state index contributed by atoms with van der Waals surface area (Å²) in [6.07, 6.45) is 3.43. The van der Waals surface area contributed by atoms with Crippen molar-refractivity contribution in [3.8, 4) is 0 Å². The minimum absolute atomic E-state index is 0.125. The van der Waals surface area contributed by atoms with Gasteiger partial charge in [0.1, 0.15) is 0 Å². The van der Waals surface area contributed by atoms with Crippen LogP contribution in [0.1, 0.15) is 20.8 Å². The third-order valence-electron chi connectivity index (χ3n) is 3.36. The predicted octanol–water partition coefficient (Wildman–Crippen LogP) is 2.07. The van der Waals surface area contributed by atoms with E-state index in [0.717, 1.165) is 10.0 Å². The molecule has 3 heterocycles. The Labute approximate surface area is 140 Å². The van der Waals surface area contributed by atoms with Crippen LogP contribution >= 0.6 is 0 Å². The Bertz CT molecular complexity index is 561. The van der Waals surface area contributed by atoms with Crippen molar-refractivity contribution < 1.29 is 28.6 Å². The minimum atomic E-state index is -0.887. The molecule has 0 aromatic carbocycles. The molecule has 0 aliphatic carbocycles. The van der Waals surface area contributed by atoms with E-state index in [1.54, 1.807) is 39.0 Å². The smallest absolute Gasteiger partial charge is 0.431 e. The molecule has 0 spiro atoms. The molecule has 0 fully saturated rings. The lowest BCUT2D eigenvalue weighted by Gasteiger charge is -2.42. The maximum atomic E-state index is 12.4. The Hall–Kier alpha value is -2.71. The number of ether oxygens (including phenoxy) is 3. The van der Waals surface area contributed by atoms with Crippen molar-refractivity contribution in [1.82, 2.24) is 14.9 Å². The predicted molar refractivity (Wildman–Crippen MR) is 82.4 cm³/mol. The molecule has 0 radical (unpaired) electrons. The van der Waals surface area contributed by atoms with Crippen LogP contribution in [-0.4, -0.2) is 65.2 Å². The number of amides is 3. The van der Waals surface area contributed by atoms with Crippen molar-refractivity contribution in [3.05, 3.63) is 24.4 Å². The fraction of sp³-hybridized carbons (Fsp3) is 0.533. The number of carbonyl (C=O) groups excluding carboxylic acids is 3. The van der Waals surface area contributed by atoms with Gasteiger partial charge in [0.15, 0.2) is 6.17 Å². The van der Waals surface area contributed by atoms with Crippen LogP contribution in [0.4, 0.5) is 14.4 Å². The number of hydrazine groups is 1. The molecule has 3 rings (SSSR count). The van der Waals surface area contributed by atoms with Crippen molar-refractivity contribution >= 4 is 18.3 Å². The monoisotopic (exact) mass is 339 g/mol. The van der Waals surface area contributed by atoms with Crippen LogP contribution in [0, 0.1) is 0 Å². The number of carbonyl (C=O) groups is 3. The summed E-state index contributed by atoms with van der Waals surface area (Å²) in [4.78, 5) is 38.1. The molecule has 132 valence electrons. The second-order valence-electron chi connectivity index (χ2n) is 4.82. The molecule has 2 bridgehead atoms. The average molecular weight is 339 g/mol. The SMILES string of the molecule is CCOC(=O)N1C=CC2C=CC1N(C(=O)OCC)N2C(=O)OCC. The zero-order valence-corrected chi connectivity index (χ0v) is 13.9. The maximum absolute atomic E-state index is 12.4. The Morgan fingerprint density at radius 1 is 0.792 bits per heavy atom. The van der Waals surface area contributed by atoms with E-state index < -0.39 is 30.5 Å². The second kappa shape index (κ2) is 7.71. The molecule has 0 aromatic rings. The number of hydrogen-bond donors (Lipinski definition) is 0. The van der Waals surface area contributed by atoms with Crippen LogP contribution in [0.5, 0.6) is 0 Å². The Balaban J connectivity index is 2.39. The summed E-state index contributed by atoms with van der Waals surface area (Å²) in [5, 5.41) is 2.19. The first kappa shape index (κ1) is 17.6. The van der Waals surface area contributed by atoms with Crippen LogP contribution in [0.15, 0.2) is 24.4 Å². The Morgan fingerprint density at radius 2 is 1.33 bits per heavy atom. The molecule has 0 N–H and O–H groups in total. The molecule has 3 aliphatic rings. The topological polar surface area (TPSA) is 88.6 Å². The third-order valence-corrected chi connectivity index (χ3v) is 3.36. The van der Waals surface area contributed by atoms with E-state index in [2.05, 4.69) is 0 Å². The highest BCUT2D eigenvalue weighted by atomic mass is 16.6. The van der Waals surface area contributed by atoms with E-state index in [9.17, 15) is 14.4 Å². The zero-order valence-electron chi connectivity index (χ0n) is 13.9. The highest BCUT2D eigenvalue weighted by Gasteiger charge is 2.45. The zero-order chi connectivity index (χ0) is 17.7. The molecule has 24 heavy (non-hydrogen) atoms. The van der Waals surface area contributed by atoms with Crippen molar-refractivity contribution in [2.45, 2.75) is 33.0 Å². The second-order valence-corrected chi connectivity index (χ2v) is 4.82. The average Bonchev–Trinajstić information content (AvgIpc) is 2.85. The van der Waals surface area contributed by atoms with E-state index in [1.807, 2.05) is 0 Å². The van der Waals surface area contributed by atoms with Gasteiger partial charge in [-0.1, -0.05) is 6.08 Å². The van der Waals surface area contributed by atoms with Crippen LogP contribution in [-0.2, 0) is 14.2 Å². The van der Waals surface area contributed by atoms with E-state index in [-0.39, 0.29) is 19.8 Å². The lowest BCUT2D eigenvalue weighted by atomic mass is 10.2. The lowest BCUT2D eigenvalue weighted by Crippen LogP contribution is -2.62. The summed E-state index contributed by atoms with van der Waals surface area (Å²) in [6, 6.07) is -0.580. The van der Waals surface area contributed by atoms with Gasteiger partial charge in [-0.3, -0.25) is 4.90 Å². The number of hydrogen-bond acceptors (Lipinski definition) is 6. The van der Waals surface area contributed by atoms with Crippen molar-refractivity contribution in [1.29, 1.82) is 0 Å². The van der Waals surface area contributed by atoms with Gasteiger partial charge in [0.2, 0.25) is 0 Å². The lowest BCUT2D eigenvalue weighted by molar-refractivity contribution is -0.0661. The van der Waals surface area contributed by atoms with Crippen molar-refractivity contribution in [2.75, 3.05) is 19.8 Å². The summed E-state index contributed by atoms with van der Waals surface area (Å²) in [6.45, 7) is 5.46. The van der Waals surface area contributed by atoms with Crippen molar-refractivity contribution in [2.24, 2.45) is 0 Å². The quantitative estimate of drug-likeness (QED) is 0.578. The molecule has 3 amide bonds. The Morgan fingerprint density at radius 3 is 1.92 bits per heavy atom. The van der Waals surface area contributed by atoms with E-state index in [0.29, 0.717) is 0 Å². The summed E-state index contributed by atoms with van der Waals surface area (Å²) in [5.41, 5.74) is 0. The largest absolute Gasteiger partial charge is 0.449 e. The summed E-state index contributed by atoms with van der Waals surface area (Å²) < 4.78 is 15.1. The van der Waals surface area contributed by atoms with Crippen LogP contribution < -0.4 is 0 Å². The molecular formula is C15H21N3O6. The van der Waals surface area contributed by atoms with Gasteiger partial charge in [0.25, 0.3) is 0 Å². The third kappa shape index (κ3) is 3.29. The number of nitrogens with zero attached hydrogens (tertiary/aromatic N) is 3. The van der Waals surface area contributed by atoms with Gasteiger partial charge in [0, 0.05) is 6.20 Å². The number of fused-ring (bicyclic) bond motifs is 2. The molecular weight excluding hydrogens is 318 g/mol. The molecule has 2 unspecified atom stereocenters. The van der Waals surface area contributed by atoms with Gasteiger partial charge in [-0.15, -0.1) is 0 Å². The highest BCUT2D eigenvalue weighted by Crippen LogP contribution is 2.27. The highest BCUT2D eigenvalue weighted by molar-refractivity contribution is 5.78. The molecule has 9 nitrogen and oxygen atoms in total. The first-order chi connectivity index (χ1) is 11.5. The van der Waals surface area contributed by atoms with Gasteiger partial charge >= 0.3 is 18.3 Å². The summed E-state index contributed by atoms with van der Waals surface area (Å²) in [5.74, 6) is 0.